The van der Waals surface area contributed by atoms with Crippen molar-refractivity contribution in [1.82, 2.24) is 10.3 Å². The topological polar surface area (TPSA) is 63.2 Å². The summed E-state index contributed by atoms with van der Waals surface area (Å²) in [4.78, 5) is 15.8. The fourth-order valence-electron chi connectivity index (χ4n) is 1.21. The van der Waals surface area contributed by atoms with Crippen molar-refractivity contribution in [2.24, 2.45) is 0 Å². The first-order valence-electron chi connectivity index (χ1n) is 5.36. The maximum atomic E-state index is 11.7. The summed E-state index contributed by atoms with van der Waals surface area (Å²) in [5.74, 6) is 0.524. The molecule has 0 aliphatic heterocycles. The minimum atomic E-state index is -0.133. The summed E-state index contributed by atoms with van der Waals surface area (Å²) in [6.07, 6.45) is 3.32. The van der Waals surface area contributed by atoms with Crippen LogP contribution in [0.5, 0.6) is 0 Å². The molecular formula is C12H17N3O2. The highest BCUT2D eigenvalue weighted by atomic mass is 16.5. The molecule has 0 saturated carbocycles. The molecule has 1 aromatic heterocycles. The fourth-order valence-corrected chi connectivity index (χ4v) is 1.21. The van der Waals surface area contributed by atoms with E-state index in [1.165, 1.54) is 0 Å². The molecule has 0 saturated heterocycles. The molecule has 1 aromatic rings. The number of anilines is 1. The van der Waals surface area contributed by atoms with Crippen LogP contribution < -0.4 is 10.6 Å². The third-order valence-electron chi connectivity index (χ3n) is 2.04. The van der Waals surface area contributed by atoms with Gasteiger partial charge in [-0.1, -0.05) is 6.08 Å². The number of amides is 1. The van der Waals surface area contributed by atoms with Crippen LogP contribution in [-0.4, -0.2) is 37.7 Å². The summed E-state index contributed by atoms with van der Waals surface area (Å²) in [5, 5.41) is 5.77. The summed E-state index contributed by atoms with van der Waals surface area (Å²) in [6, 6.07) is 3.37. The minimum Gasteiger partial charge on any atom is -0.383 e. The van der Waals surface area contributed by atoms with Gasteiger partial charge < -0.3 is 15.4 Å². The summed E-state index contributed by atoms with van der Waals surface area (Å²) < 4.78 is 4.85. The van der Waals surface area contributed by atoms with E-state index in [2.05, 4.69) is 22.2 Å². The molecule has 0 aromatic carbocycles. The highest BCUT2D eigenvalue weighted by molar-refractivity contribution is 5.94. The zero-order chi connectivity index (χ0) is 12.5. The lowest BCUT2D eigenvalue weighted by molar-refractivity contribution is 0.0937. The quantitative estimate of drug-likeness (QED) is 0.548. The number of carbonyl (C=O) groups excluding carboxylic acids is 1. The molecule has 92 valence electrons. The number of carbonyl (C=O) groups is 1. The van der Waals surface area contributed by atoms with Gasteiger partial charge in [0.1, 0.15) is 5.82 Å². The largest absolute Gasteiger partial charge is 0.383 e. The standard InChI is InChI=1S/C12H17N3O2/c1-3-5-13-11-9-10(4-6-14-11)12(16)15-7-8-17-2/h3-4,6,9H,1,5,7-8H2,2H3,(H,13,14)(H,15,16). The van der Waals surface area contributed by atoms with Gasteiger partial charge in [-0.3, -0.25) is 4.79 Å². The average Bonchev–Trinajstić information content (AvgIpc) is 2.37. The third kappa shape index (κ3) is 4.65. The maximum Gasteiger partial charge on any atom is 0.251 e. The minimum absolute atomic E-state index is 0.133. The molecule has 0 aliphatic carbocycles. The zero-order valence-corrected chi connectivity index (χ0v) is 9.90. The Labute approximate surface area is 101 Å². The molecule has 0 aliphatic rings. The lowest BCUT2D eigenvalue weighted by Crippen LogP contribution is -2.27. The molecule has 0 spiro atoms. The van der Waals surface area contributed by atoms with Gasteiger partial charge in [-0.05, 0) is 12.1 Å². The number of hydrogen-bond donors (Lipinski definition) is 2. The van der Waals surface area contributed by atoms with Gasteiger partial charge in [0.2, 0.25) is 0 Å². The number of rotatable bonds is 7. The number of nitrogens with one attached hydrogen (secondary N) is 2. The Morgan fingerprint density at radius 2 is 2.47 bits per heavy atom. The van der Waals surface area contributed by atoms with E-state index in [-0.39, 0.29) is 5.91 Å². The van der Waals surface area contributed by atoms with Crippen LogP contribution in [0.25, 0.3) is 0 Å². The highest BCUT2D eigenvalue weighted by Gasteiger charge is 2.05. The Morgan fingerprint density at radius 3 is 3.18 bits per heavy atom. The van der Waals surface area contributed by atoms with E-state index in [0.29, 0.717) is 31.1 Å². The number of nitrogens with zero attached hydrogens (tertiary/aromatic N) is 1. The van der Waals surface area contributed by atoms with Gasteiger partial charge in [0.15, 0.2) is 0 Å². The van der Waals surface area contributed by atoms with Gasteiger partial charge in [-0.2, -0.15) is 0 Å². The van der Waals surface area contributed by atoms with Crippen LogP contribution in [0.1, 0.15) is 10.4 Å². The van der Waals surface area contributed by atoms with Crippen LogP contribution in [-0.2, 0) is 4.74 Å². The van der Waals surface area contributed by atoms with E-state index in [1.807, 2.05) is 0 Å². The Hall–Kier alpha value is -1.88. The second-order valence-corrected chi connectivity index (χ2v) is 3.35. The van der Waals surface area contributed by atoms with E-state index in [1.54, 1.807) is 31.5 Å². The van der Waals surface area contributed by atoms with Crippen molar-refractivity contribution in [2.75, 3.05) is 32.1 Å². The molecule has 5 heteroatoms. The predicted molar refractivity (Wildman–Crippen MR) is 67.1 cm³/mol. The Kier molecular flexibility index (Phi) is 5.74. The normalized spacial score (nSPS) is 9.71. The van der Waals surface area contributed by atoms with Gasteiger partial charge in [0.25, 0.3) is 5.91 Å². The molecule has 1 rings (SSSR count). The van der Waals surface area contributed by atoms with Crippen molar-refractivity contribution in [3.05, 3.63) is 36.5 Å². The Bertz CT molecular complexity index is 380. The van der Waals surface area contributed by atoms with E-state index < -0.39 is 0 Å². The molecule has 5 nitrogen and oxygen atoms in total. The van der Waals surface area contributed by atoms with Gasteiger partial charge in [0.05, 0.1) is 6.61 Å². The van der Waals surface area contributed by atoms with Gasteiger partial charge in [0, 0.05) is 32.0 Å². The zero-order valence-electron chi connectivity index (χ0n) is 9.90. The summed E-state index contributed by atoms with van der Waals surface area (Å²) >= 11 is 0. The van der Waals surface area contributed by atoms with Crippen LogP contribution in [0, 0.1) is 0 Å². The lowest BCUT2D eigenvalue weighted by atomic mass is 10.2. The van der Waals surface area contributed by atoms with Gasteiger partial charge in [-0.15, -0.1) is 6.58 Å². The molecule has 1 amide bonds. The number of methoxy groups -OCH3 is 1. The summed E-state index contributed by atoms with van der Waals surface area (Å²) in [6.45, 7) is 5.20. The van der Waals surface area contributed by atoms with Crippen molar-refractivity contribution in [3.63, 3.8) is 0 Å². The monoisotopic (exact) mass is 235 g/mol. The molecule has 2 N–H and O–H groups in total. The molecular weight excluding hydrogens is 218 g/mol. The highest BCUT2D eigenvalue weighted by Crippen LogP contribution is 2.06. The van der Waals surface area contributed by atoms with Crippen LogP contribution in [0.3, 0.4) is 0 Å². The summed E-state index contributed by atoms with van der Waals surface area (Å²) in [5.41, 5.74) is 0.572. The molecule has 0 radical (unpaired) electrons. The fraction of sp³-hybridized carbons (Fsp3) is 0.333. The smallest absolute Gasteiger partial charge is 0.251 e. The number of ether oxygens (including phenoxy) is 1. The number of hydrogen-bond acceptors (Lipinski definition) is 4. The first-order chi connectivity index (χ1) is 8.27. The van der Waals surface area contributed by atoms with E-state index >= 15 is 0 Å². The average molecular weight is 235 g/mol. The molecule has 0 atom stereocenters. The van der Waals surface area contributed by atoms with Crippen molar-refractivity contribution in [2.45, 2.75) is 0 Å². The van der Waals surface area contributed by atoms with Crippen molar-refractivity contribution >= 4 is 11.7 Å². The summed E-state index contributed by atoms with van der Waals surface area (Å²) in [7, 11) is 1.59. The van der Waals surface area contributed by atoms with Crippen molar-refractivity contribution in [3.8, 4) is 0 Å². The van der Waals surface area contributed by atoms with Crippen LogP contribution in [0.15, 0.2) is 31.0 Å². The van der Waals surface area contributed by atoms with E-state index in [9.17, 15) is 4.79 Å². The third-order valence-corrected chi connectivity index (χ3v) is 2.04. The molecule has 17 heavy (non-hydrogen) atoms. The van der Waals surface area contributed by atoms with Crippen molar-refractivity contribution < 1.29 is 9.53 Å². The molecule has 0 fully saturated rings. The first kappa shape index (κ1) is 13.2. The number of pyridine rings is 1. The van der Waals surface area contributed by atoms with Crippen molar-refractivity contribution in [1.29, 1.82) is 0 Å². The molecule has 0 bridgehead atoms. The second kappa shape index (κ2) is 7.40. The van der Waals surface area contributed by atoms with Gasteiger partial charge in [-0.25, -0.2) is 4.98 Å². The first-order valence-corrected chi connectivity index (χ1v) is 5.36. The van der Waals surface area contributed by atoms with Crippen LogP contribution in [0.4, 0.5) is 5.82 Å². The Morgan fingerprint density at radius 1 is 1.65 bits per heavy atom. The van der Waals surface area contributed by atoms with Gasteiger partial charge >= 0.3 is 0 Å². The SMILES string of the molecule is C=CCNc1cc(C(=O)NCCOC)ccn1. The predicted octanol–water partition coefficient (Wildman–Crippen LogP) is 1.06. The molecule has 1 heterocycles. The van der Waals surface area contributed by atoms with E-state index in [4.69, 9.17) is 4.74 Å². The van der Waals surface area contributed by atoms with Crippen LogP contribution in [0.2, 0.25) is 0 Å². The molecule has 0 unspecified atom stereocenters. The number of aromatic nitrogens is 1. The lowest BCUT2D eigenvalue weighted by Gasteiger charge is -2.06. The second-order valence-electron chi connectivity index (χ2n) is 3.35. The Balaban J connectivity index is 2.57. The van der Waals surface area contributed by atoms with E-state index in [0.717, 1.165) is 0 Å². The van der Waals surface area contributed by atoms with Crippen LogP contribution >= 0.6 is 0 Å². The maximum absolute atomic E-state index is 11.7.